The third-order valence-electron chi connectivity index (χ3n) is 2.30. The van der Waals surface area contributed by atoms with Crippen molar-refractivity contribution in [1.82, 2.24) is 0 Å². The Labute approximate surface area is 92.4 Å². The SMILES string of the molecule is CCc1cc(S)c(C#N)c2sccc12. The zero-order valence-corrected chi connectivity index (χ0v) is 9.45. The summed E-state index contributed by atoms with van der Waals surface area (Å²) >= 11 is 5.95. The highest BCUT2D eigenvalue weighted by Gasteiger charge is 2.09. The van der Waals surface area contributed by atoms with Crippen molar-refractivity contribution in [3.05, 3.63) is 28.6 Å². The molecule has 3 heteroatoms. The van der Waals surface area contributed by atoms with E-state index in [4.69, 9.17) is 5.26 Å². The summed E-state index contributed by atoms with van der Waals surface area (Å²) in [5.41, 5.74) is 1.97. The van der Waals surface area contributed by atoms with E-state index in [1.165, 1.54) is 10.9 Å². The molecule has 0 aliphatic rings. The quantitative estimate of drug-likeness (QED) is 0.728. The summed E-state index contributed by atoms with van der Waals surface area (Å²) in [6.45, 7) is 2.12. The number of hydrogen-bond donors (Lipinski definition) is 1. The summed E-state index contributed by atoms with van der Waals surface area (Å²) in [7, 11) is 0. The highest BCUT2D eigenvalue weighted by Crippen LogP contribution is 2.32. The third kappa shape index (κ3) is 1.31. The summed E-state index contributed by atoms with van der Waals surface area (Å²) in [5, 5.41) is 12.2. The molecular weight excluding hydrogens is 210 g/mol. The van der Waals surface area contributed by atoms with E-state index in [2.05, 4.69) is 31.7 Å². The second kappa shape index (κ2) is 3.64. The highest BCUT2D eigenvalue weighted by molar-refractivity contribution is 7.80. The molecule has 0 amide bonds. The van der Waals surface area contributed by atoms with Crippen molar-refractivity contribution in [1.29, 1.82) is 5.26 Å². The Kier molecular flexibility index (Phi) is 2.49. The lowest BCUT2D eigenvalue weighted by Gasteiger charge is -2.03. The van der Waals surface area contributed by atoms with Crippen LogP contribution in [0.1, 0.15) is 18.1 Å². The minimum atomic E-state index is 0.704. The van der Waals surface area contributed by atoms with E-state index in [9.17, 15) is 0 Å². The lowest BCUT2D eigenvalue weighted by atomic mass is 10.1. The monoisotopic (exact) mass is 219 g/mol. The molecule has 0 spiro atoms. The fourth-order valence-corrected chi connectivity index (χ4v) is 2.92. The molecule has 0 saturated heterocycles. The maximum atomic E-state index is 9.01. The van der Waals surface area contributed by atoms with Crippen LogP contribution in [0.4, 0.5) is 0 Å². The maximum absolute atomic E-state index is 9.01. The van der Waals surface area contributed by atoms with Crippen molar-refractivity contribution in [2.24, 2.45) is 0 Å². The minimum Gasteiger partial charge on any atom is -0.192 e. The van der Waals surface area contributed by atoms with Crippen LogP contribution in [0.3, 0.4) is 0 Å². The summed E-state index contributed by atoms with van der Waals surface area (Å²) in [4.78, 5) is 0.791. The first-order chi connectivity index (χ1) is 6.77. The largest absolute Gasteiger partial charge is 0.192 e. The van der Waals surface area contributed by atoms with Crippen LogP contribution in [-0.4, -0.2) is 0 Å². The normalized spacial score (nSPS) is 10.4. The Bertz CT molecular complexity index is 520. The zero-order valence-electron chi connectivity index (χ0n) is 7.74. The minimum absolute atomic E-state index is 0.704. The van der Waals surface area contributed by atoms with Gasteiger partial charge in [0.2, 0.25) is 0 Å². The van der Waals surface area contributed by atoms with Crippen molar-refractivity contribution < 1.29 is 0 Å². The van der Waals surface area contributed by atoms with Crippen LogP contribution in [0.5, 0.6) is 0 Å². The van der Waals surface area contributed by atoms with E-state index in [1.54, 1.807) is 11.3 Å². The van der Waals surface area contributed by atoms with Crippen LogP contribution >= 0.6 is 24.0 Å². The molecule has 0 unspecified atom stereocenters. The average molecular weight is 219 g/mol. The molecule has 0 bridgehead atoms. The van der Waals surface area contributed by atoms with Crippen LogP contribution in [-0.2, 0) is 6.42 Å². The first kappa shape index (κ1) is 9.57. The Morgan fingerprint density at radius 2 is 2.36 bits per heavy atom. The molecule has 0 aliphatic carbocycles. The predicted octanol–water partition coefficient (Wildman–Crippen LogP) is 3.62. The summed E-state index contributed by atoms with van der Waals surface area (Å²) in [5.74, 6) is 0. The molecule has 0 atom stereocenters. The predicted molar refractivity (Wildman–Crippen MR) is 63.2 cm³/mol. The van der Waals surface area contributed by atoms with Crippen molar-refractivity contribution in [2.75, 3.05) is 0 Å². The maximum Gasteiger partial charge on any atom is 0.102 e. The van der Waals surface area contributed by atoms with Gasteiger partial charge in [0.1, 0.15) is 6.07 Å². The van der Waals surface area contributed by atoms with Gasteiger partial charge in [0.05, 0.1) is 10.3 Å². The van der Waals surface area contributed by atoms with Gasteiger partial charge in [0.25, 0.3) is 0 Å². The highest BCUT2D eigenvalue weighted by atomic mass is 32.1. The number of aryl methyl sites for hydroxylation is 1. The fraction of sp³-hybridized carbons (Fsp3) is 0.182. The lowest BCUT2D eigenvalue weighted by molar-refractivity contribution is 1.14. The number of thiol groups is 1. The first-order valence-electron chi connectivity index (χ1n) is 4.40. The van der Waals surface area contributed by atoms with Crippen LogP contribution in [0.25, 0.3) is 10.1 Å². The Hall–Kier alpha value is -0.980. The van der Waals surface area contributed by atoms with Gasteiger partial charge in [0, 0.05) is 4.90 Å². The molecule has 70 valence electrons. The van der Waals surface area contributed by atoms with E-state index in [0.717, 1.165) is 16.0 Å². The molecule has 14 heavy (non-hydrogen) atoms. The zero-order chi connectivity index (χ0) is 10.1. The molecule has 0 N–H and O–H groups in total. The number of nitrogens with zero attached hydrogens (tertiary/aromatic N) is 1. The number of rotatable bonds is 1. The first-order valence-corrected chi connectivity index (χ1v) is 5.72. The number of thiophene rings is 1. The molecule has 0 saturated carbocycles. The second-order valence-corrected chi connectivity index (χ2v) is 4.46. The number of nitriles is 1. The third-order valence-corrected chi connectivity index (χ3v) is 3.58. The van der Waals surface area contributed by atoms with Gasteiger partial charge in [-0.15, -0.1) is 24.0 Å². The van der Waals surface area contributed by atoms with Crippen LogP contribution in [0, 0.1) is 11.3 Å². The molecule has 0 radical (unpaired) electrons. The van der Waals surface area contributed by atoms with Crippen LogP contribution in [0.2, 0.25) is 0 Å². The molecule has 0 fully saturated rings. The average Bonchev–Trinajstić information content (AvgIpc) is 2.65. The Balaban J connectivity index is 2.90. The molecule has 1 aromatic carbocycles. The van der Waals surface area contributed by atoms with E-state index in [0.29, 0.717) is 5.56 Å². The fourth-order valence-electron chi connectivity index (χ4n) is 1.59. The molecule has 2 rings (SSSR count). The topological polar surface area (TPSA) is 23.8 Å². The molecule has 2 aromatic rings. The van der Waals surface area contributed by atoms with E-state index >= 15 is 0 Å². The van der Waals surface area contributed by atoms with Crippen LogP contribution in [0.15, 0.2) is 22.4 Å². The summed E-state index contributed by atoms with van der Waals surface area (Å²) in [6.07, 6.45) is 0.979. The Morgan fingerprint density at radius 1 is 1.57 bits per heavy atom. The molecular formula is C11H9NS2. The van der Waals surface area contributed by atoms with Crippen molar-refractivity contribution >= 4 is 34.1 Å². The van der Waals surface area contributed by atoms with Gasteiger partial charge in [-0.25, -0.2) is 0 Å². The van der Waals surface area contributed by atoms with Gasteiger partial charge < -0.3 is 0 Å². The van der Waals surface area contributed by atoms with Gasteiger partial charge in [-0.3, -0.25) is 0 Å². The number of hydrogen-bond acceptors (Lipinski definition) is 3. The van der Waals surface area contributed by atoms with E-state index in [-0.39, 0.29) is 0 Å². The van der Waals surface area contributed by atoms with Gasteiger partial charge in [-0.1, -0.05) is 6.92 Å². The van der Waals surface area contributed by atoms with E-state index in [1.807, 2.05) is 11.4 Å². The molecule has 0 aliphatic heterocycles. The summed E-state index contributed by atoms with van der Waals surface area (Å²) < 4.78 is 1.07. The lowest BCUT2D eigenvalue weighted by Crippen LogP contribution is -1.86. The van der Waals surface area contributed by atoms with E-state index < -0.39 is 0 Å². The molecule has 1 nitrogen and oxygen atoms in total. The number of benzene rings is 1. The summed E-state index contributed by atoms with van der Waals surface area (Å²) in [6, 6.07) is 6.28. The van der Waals surface area contributed by atoms with Crippen molar-refractivity contribution in [3.8, 4) is 6.07 Å². The molecule has 1 aromatic heterocycles. The van der Waals surface area contributed by atoms with Crippen LogP contribution < -0.4 is 0 Å². The Morgan fingerprint density at radius 3 is 3.00 bits per heavy atom. The smallest absolute Gasteiger partial charge is 0.102 e. The second-order valence-electron chi connectivity index (χ2n) is 3.06. The number of fused-ring (bicyclic) bond motifs is 1. The van der Waals surface area contributed by atoms with Gasteiger partial charge in [-0.05, 0) is 34.9 Å². The van der Waals surface area contributed by atoms with Crippen molar-refractivity contribution in [2.45, 2.75) is 18.2 Å². The molecule has 1 heterocycles. The van der Waals surface area contributed by atoms with Gasteiger partial charge in [-0.2, -0.15) is 5.26 Å². The van der Waals surface area contributed by atoms with Gasteiger partial charge >= 0.3 is 0 Å². The standard InChI is InChI=1S/C11H9NS2/c1-2-7-5-10(13)9(6-12)11-8(7)3-4-14-11/h3-5,13H,2H2,1H3. The van der Waals surface area contributed by atoms with Gasteiger partial charge in [0.15, 0.2) is 0 Å². The van der Waals surface area contributed by atoms with Crippen molar-refractivity contribution in [3.63, 3.8) is 0 Å².